The molecular formula is C9H3F17O. The van der Waals surface area contributed by atoms with Crippen LogP contribution >= 0.6 is 0 Å². The van der Waals surface area contributed by atoms with E-state index in [9.17, 15) is 74.6 Å². The zero-order valence-corrected chi connectivity index (χ0v) is 11.5. The summed E-state index contributed by atoms with van der Waals surface area (Å²) in [6.45, 7) is 0. The van der Waals surface area contributed by atoms with Crippen molar-refractivity contribution in [2.45, 2.75) is 48.3 Å². The van der Waals surface area contributed by atoms with Gasteiger partial charge in [0.2, 0.25) is 0 Å². The minimum Gasteiger partial charge on any atom is -0.388 e. The molecule has 0 amide bonds. The number of aliphatic hydroxyl groups is 1. The average Bonchev–Trinajstić information content (AvgIpc) is 2.30. The highest BCUT2D eigenvalue weighted by Gasteiger charge is 2.86. The number of rotatable bonds is 4. The lowest BCUT2D eigenvalue weighted by Crippen LogP contribution is -2.70. The van der Waals surface area contributed by atoms with E-state index in [0.717, 1.165) is 0 Å². The minimum atomic E-state index is -7.90. The molecule has 0 saturated heterocycles. The molecule has 27 heavy (non-hydrogen) atoms. The molecule has 18 heteroatoms. The topological polar surface area (TPSA) is 20.2 Å². The van der Waals surface area contributed by atoms with Gasteiger partial charge in [0.15, 0.2) is 5.92 Å². The summed E-state index contributed by atoms with van der Waals surface area (Å²) in [5.41, 5.74) is -7.63. The molecule has 2 unspecified atom stereocenters. The van der Waals surface area contributed by atoms with Crippen molar-refractivity contribution in [2.24, 2.45) is 5.92 Å². The number of hydrogen-bond donors (Lipinski definition) is 1. The highest BCUT2D eigenvalue weighted by Crippen LogP contribution is 2.59. The van der Waals surface area contributed by atoms with Crippen LogP contribution in [0.1, 0.15) is 0 Å². The van der Waals surface area contributed by atoms with Gasteiger partial charge in [-0.15, -0.1) is 0 Å². The Labute approximate surface area is 135 Å². The first kappa shape index (κ1) is 25.8. The maximum absolute atomic E-state index is 13.3. The zero-order chi connectivity index (χ0) is 22.7. The van der Waals surface area contributed by atoms with E-state index in [4.69, 9.17) is 5.11 Å². The van der Waals surface area contributed by atoms with E-state index in [1.54, 1.807) is 0 Å². The second-order valence-electron chi connectivity index (χ2n) is 4.87. The molecule has 164 valence electrons. The summed E-state index contributed by atoms with van der Waals surface area (Å²) in [6, 6.07) is 0. The summed E-state index contributed by atoms with van der Waals surface area (Å²) in [6.07, 6.45) is -36.6. The van der Waals surface area contributed by atoms with Crippen molar-refractivity contribution >= 4 is 0 Å². The van der Waals surface area contributed by atoms with Crippen molar-refractivity contribution in [3.63, 3.8) is 0 Å². The summed E-state index contributed by atoms with van der Waals surface area (Å²) in [5, 5.41) is 8.48. The predicted octanol–water partition coefficient (Wildman–Crippen LogP) is 5.19. The molecule has 0 radical (unpaired) electrons. The summed E-state index contributed by atoms with van der Waals surface area (Å²) in [4.78, 5) is 0. The largest absolute Gasteiger partial charge is 0.459 e. The zero-order valence-electron chi connectivity index (χ0n) is 11.5. The molecule has 0 heterocycles. The average molecular weight is 450 g/mol. The van der Waals surface area contributed by atoms with Crippen LogP contribution in [-0.2, 0) is 0 Å². The van der Waals surface area contributed by atoms with E-state index in [-0.39, 0.29) is 0 Å². The van der Waals surface area contributed by atoms with Crippen LogP contribution in [0, 0.1) is 5.92 Å². The Kier molecular flexibility index (Phi) is 6.11. The van der Waals surface area contributed by atoms with E-state index in [2.05, 4.69) is 0 Å². The normalized spacial score (nSPS) is 18.4. The van der Waals surface area contributed by atoms with Crippen LogP contribution in [-0.4, -0.2) is 53.4 Å². The van der Waals surface area contributed by atoms with Crippen LogP contribution < -0.4 is 0 Å². The molecule has 0 aliphatic carbocycles. The van der Waals surface area contributed by atoms with Gasteiger partial charge in [0.05, 0.1) is 0 Å². The second kappa shape index (κ2) is 6.40. The fourth-order valence-corrected chi connectivity index (χ4v) is 1.69. The van der Waals surface area contributed by atoms with Gasteiger partial charge >= 0.3 is 42.2 Å². The van der Waals surface area contributed by atoms with E-state index in [0.29, 0.717) is 0 Å². The molecule has 2 atom stereocenters. The smallest absolute Gasteiger partial charge is 0.388 e. The highest BCUT2D eigenvalue weighted by atomic mass is 19.4. The summed E-state index contributed by atoms with van der Waals surface area (Å²) in [7, 11) is 0. The lowest BCUT2D eigenvalue weighted by molar-refractivity contribution is -0.422. The summed E-state index contributed by atoms with van der Waals surface area (Å²) in [5.74, 6) is -22.2. The van der Waals surface area contributed by atoms with Crippen LogP contribution in [0.2, 0.25) is 0 Å². The van der Waals surface area contributed by atoms with Crippen LogP contribution in [0.4, 0.5) is 74.6 Å². The van der Waals surface area contributed by atoms with Crippen LogP contribution in [0.25, 0.3) is 0 Å². The Hall–Kier alpha value is -1.23. The monoisotopic (exact) mass is 450 g/mol. The quantitative estimate of drug-likeness (QED) is 0.585. The number of alkyl halides is 17. The molecule has 0 rings (SSSR count). The Bertz CT molecular complexity index is 504. The van der Waals surface area contributed by atoms with Gasteiger partial charge in [-0.05, 0) is 0 Å². The van der Waals surface area contributed by atoms with Crippen molar-refractivity contribution in [2.75, 3.05) is 0 Å². The Morgan fingerprint density at radius 1 is 0.481 bits per heavy atom. The van der Waals surface area contributed by atoms with Gasteiger partial charge in [-0.1, -0.05) is 0 Å². The molecule has 0 aromatic rings. The lowest BCUT2D eigenvalue weighted by Gasteiger charge is -2.42. The Morgan fingerprint density at radius 2 is 0.778 bits per heavy atom. The van der Waals surface area contributed by atoms with Crippen molar-refractivity contribution in [3.05, 3.63) is 0 Å². The van der Waals surface area contributed by atoms with E-state index < -0.39 is 54.2 Å². The molecule has 0 aliphatic rings. The molecule has 0 fully saturated rings. The molecule has 1 N–H and O–H groups in total. The molecular weight excluding hydrogens is 447 g/mol. The standard InChI is InChI=1S/C9H3F17O/c10-3(7(18,19)20,8(21,22)23)2(27)1(5(13,14)15)4(11,12)6(16,17)9(24,25)26/h1-2,27H. The first-order valence-corrected chi connectivity index (χ1v) is 5.67. The van der Waals surface area contributed by atoms with Gasteiger partial charge in [0, 0.05) is 0 Å². The number of hydrogen-bond acceptors (Lipinski definition) is 1. The van der Waals surface area contributed by atoms with Crippen molar-refractivity contribution < 1.29 is 79.7 Å². The molecule has 0 aromatic carbocycles. The van der Waals surface area contributed by atoms with E-state index in [1.165, 1.54) is 0 Å². The molecule has 0 aliphatic heterocycles. The first-order valence-electron chi connectivity index (χ1n) is 5.67. The maximum atomic E-state index is 13.3. The third kappa shape index (κ3) is 3.98. The van der Waals surface area contributed by atoms with Crippen LogP contribution in [0.3, 0.4) is 0 Å². The molecule has 1 nitrogen and oxygen atoms in total. The van der Waals surface area contributed by atoms with E-state index >= 15 is 0 Å². The molecule has 0 spiro atoms. The van der Waals surface area contributed by atoms with Gasteiger partial charge in [-0.25, -0.2) is 4.39 Å². The number of aliphatic hydroxyl groups excluding tert-OH is 1. The summed E-state index contributed by atoms with van der Waals surface area (Å²) >= 11 is 0. The highest BCUT2D eigenvalue weighted by molar-refractivity contribution is 5.10. The molecule has 0 bridgehead atoms. The van der Waals surface area contributed by atoms with Gasteiger partial charge in [0.25, 0.3) is 0 Å². The molecule has 0 saturated carbocycles. The number of halogens is 17. The second-order valence-corrected chi connectivity index (χ2v) is 4.87. The lowest BCUT2D eigenvalue weighted by atomic mass is 9.80. The third-order valence-electron chi connectivity index (χ3n) is 3.07. The van der Waals surface area contributed by atoms with Crippen molar-refractivity contribution in [3.8, 4) is 0 Å². The van der Waals surface area contributed by atoms with Crippen LogP contribution in [0.15, 0.2) is 0 Å². The third-order valence-corrected chi connectivity index (χ3v) is 3.07. The van der Waals surface area contributed by atoms with Crippen molar-refractivity contribution in [1.82, 2.24) is 0 Å². The van der Waals surface area contributed by atoms with E-state index in [1.807, 2.05) is 0 Å². The Morgan fingerprint density at radius 3 is 0.963 bits per heavy atom. The first-order chi connectivity index (χ1) is 11.3. The fourth-order valence-electron chi connectivity index (χ4n) is 1.69. The van der Waals surface area contributed by atoms with Crippen molar-refractivity contribution in [1.29, 1.82) is 0 Å². The van der Waals surface area contributed by atoms with Crippen LogP contribution in [0.5, 0.6) is 0 Å². The SMILES string of the molecule is OC(C(C(F)(F)F)C(F)(F)C(F)(F)C(F)(F)F)C(F)(C(F)(F)F)C(F)(F)F. The fraction of sp³-hybridized carbons (Fsp3) is 1.00. The van der Waals surface area contributed by atoms with Gasteiger partial charge in [-0.2, -0.15) is 70.2 Å². The molecule has 0 aromatic heterocycles. The summed E-state index contributed by atoms with van der Waals surface area (Å²) < 4.78 is 211. The minimum absolute atomic E-state index is 6.18. The predicted molar refractivity (Wildman–Crippen MR) is 47.4 cm³/mol. The van der Waals surface area contributed by atoms with Gasteiger partial charge in [-0.3, -0.25) is 0 Å². The maximum Gasteiger partial charge on any atom is 0.459 e. The van der Waals surface area contributed by atoms with Gasteiger partial charge < -0.3 is 5.11 Å². The Balaban J connectivity index is 6.84. The van der Waals surface area contributed by atoms with Gasteiger partial charge in [0.1, 0.15) is 6.10 Å².